The van der Waals surface area contributed by atoms with Gasteiger partial charge in [0.25, 0.3) is 0 Å². The van der Waals surface area contributed by atoms with Crippen molar-refractivity contribution in [1.29, 1.82) is 0 Å². The van der Waals surface area contributed by atoms with Crippen LogP contribution in [0.2, 0.25) is 0 Å². The number of methoxy groups -OCH3 is 2. The van der Waals surface area contributed by atoms with Gasteiger partial charge in [-0.05, 0) is 72.8 Å². The summed E-state index contributed by atoms with van der Waals surface area (Å²) in [5.41, 5.74) is 3.81. The summed E-state index contributed by atoms with van der Waals surface area (Å²) in [6, 6.07) is 23.3. The molecule has 3 aromatic carbocycles. The highest BCUT2D eigenvalue weighted by molar-refractivity contribution is 5.48. The van der Waals surface area contributed by atoms with Crippen molar-refractivity contribution < 1.29 is 9.47 Å². The van der Waals surface area contributed by atoms with Crippen molar-refractivity contribution in [2.24, 2.45) is 0 Å². The second-order valence-electron chi connectivity index (χ2n) is 5.53. The molecule has 0 unspecified atom stereocenters. The lowest BCUT2D eigenvalue weighted by atomic mass is 10.1. The third kappa shape index (κ3) is 4.69. The highest BCUT2D eigenvalue weighted by Gasteiger charge is 1.93. The van der Waals surface area contributed by atoms with Gasteiger partial charge < -0.3 is 9.47 Å². The SMILES string of the molecule is COc1ccc(C#Cc2ccc(C#Cc3ccc(OC)cc3)cc2)cc1. The van der Waals surface area contributed by atoms with Gasteiger partial charge in [0.15, 0.2) is 0 Å². The smallest absolute Gasteiger partial charge is 0.118 e. The Morgan fingerprint density at radius 2 is 0.654 bits per heavy atom. The van der Waals surface area contributed by atoms with Gasteiger partial charge in [0.05, 0.1) is 14.2 Å². The zero-order valence-electron chi connectivity index (χ0n) is 14.7. The summed E-state index contributed by atoms with van der Waals surface area (Å²) in [5, 5.41) is 0. The quantitative estimate of drug-likeness (QED) is 0.640. The molecule has 0 aromatic heterocycles. The molecule has 0 amide bonds. The molecule has 3 aromatic rings. The van der Waals surface area contributed by atoms with E-state index in [0.29, 0.717) is 0 Å². The Kier molecular flexibility index (Phi) is 5.61. The Balaban J connectivity index is 1.68. The first-order valence-electron chi connectivity index (χ1n) is 8.19. The van der Waals surface area contributed by atoms with E-state index >= 15 is 0 Å². The van der Waals surface area contributed by atoms with Crippen molar-refractivity contribution in [3.8, 4) is 35.2 Å². The molecular weight excluding hydrogens is 320 g/mol. The van der Waals surface area contributed by atoms with E-state index in [1.165, 1.54) is 0 Å². The van der Waals surface area contributed by atoms with Crippen LogP contribution in [0.15, 0.2) is 72.8 Å². The van der Waals surface area contributed by atoms with E-state index in [4.69, 9.17) is 9.47 Å². The summed E-state index contributed by atoms with van der Waals surface area (Å²) in [7, 11) is 3.31. The molecule has 0 N–H and O–H groups in total. The lowest BCUT2D eigenvalue weighted by Gasteiger charge is -1.98. The van der Waals surface area contributed by atoms with Gasteiger partial charge in [0.2, 0.25) is 0 Å². The molecule has 0 aliphatic heterocycles. The number of rotatable bonds is 2. The molecule has 3 rings (SSSR count). The Hall–Kier alpha value is -3.62. The van der Waals surface area contributed by atoms with Gasteiger partial charge in [-0.15, -0.1) is 0 Å². The van der Waals surface area contributed by atoms with E-state index in [1.807, 2.05) is 72.8 Å². The van der Waals surface area contributed by atoms with Gasteiger partial charge in [-0.1, -0.05) is 23.7 Å². The average molecular weight is 338 g/mol. The lowest BCUT2D eigenvalue weighted by Crippen LogP contribution is -1.83. The molecule has 0 bridgehead atoms. The molecule has 0 spiro atoms. The highest BCUT2D eigenvalue weighted by Crippen LogP contribution is 2.12. The van der Waals surface area contributed by atoms with E-state index in [-0.39, 0.29) is 0 Å². The molecule has 2 nitrogen and oxygen atoms in total. The summed E-state index contributed by atoms with van der Waals surface area (Å²) in [6.07, 6.45) is 0. The number of benzene rings is 3. The van der Waals surface area contributed by atoms with E-state index in [1.54, 1.807) is 14.2 Å². The zero-order valence-corrected chi connectivity index (χ0v) is 14.7. The largest absolute Gasteiger partial charge is 0.497 e. The third-order valence-corrected chi connectivity index (χ3v) is 3.77. The summed E-state index contributed by atoms with van der Waals surface area (Å²) in [5.74, 6) is 14.3. The van der Waals surface area contributed by atoms with Crippen molar-refractivity contribution in [2.75, 3.05) is 14.2 Å². The first kappa shape index (κ1) is 17.2. The van der Waals surface area contributed by atoms with Crippen LogP contribution in [0.4, 0.5) is 0 Å². The van der Waals surface area contributed by atoms with Gasteiger partial charge >= 0.3 is 0 Å². The fourth-order valence-electron chi connectivity index (χ4n) is 2.27. The molecule has 0 fully saturated rings. The van der Waals surface area contributed by atoms with Crippen LogP contribution in [0.25, 0.3) is 0 Å². The monoisotopic (exact) mass is 338 g/mol. The fourth-order valence-corrected chi connectivity index (χ4v) is 2.27. The Bertz CT molecular complexity index is 891. The summed E-state index contributed by atoms with van der Waals surface area (Å²) in [4.78, 5) is 0. The Labute approximate surface area is 154 Å². The molecule has 126 valence electrons. The normalized spacial score (nSPS) is 9.31. The van der Waals surface area contributed by atoms with Crippen LogP contribution in [-0.4, -0.2) is 14.2 Å². The predicted octanol–water partition coefficient (Wildman–Crippen LogP) is 4.50. The van der Waals surface area contributed by atoms with Crippen molar-refractivity contribution in [2.45, 2.75) is 0 Å². The van der Waals surface area contributed by atoms with Crippen LogP contribution in [-0.2, 0) is 0 Å². The van der Waals surface area contributed by atoms with Crippen molar-refractivity contribution >= 4 is 0 Å². The van der Waals surface area contributed by atoms with Crippen LogP contribution in [0.1, 0.15) is 22.3 Å². The maximum Gasteiger partial charge on any atom is 0.118 e. The number of hydrogen-bond acceptors (Lipinski definition) is 2. The Morgan fingerprint density at radius 3 is 0.885 bits per heavy atom. The highest BCUT2D eigenvalue weighted by atomic mass is 16.5. The predicted molar refractivity (Wildman–Crippen MR) is 104 cm³/mol. The zero-order chi connectivity index (χ0) is 18.2. The molecule has 0 radical (unpaired) electrons. The topological polar surface area (TPSA) is 18.5 Å². The standard InChI is InChI=1S/C24H18O2/c1-25-23-15-11-21(12-16-23)9-7-19-3-5-20(6-4-19)8-10-22-13-17-24(26-2)18-14-22/h3-6,11-18H,1-2H3. The first-order chi connectivity index (χ1) is 12.8. The molecule has 0 heterocycles. The summed E-state index contributed by atoms with van der Waals surface area (Å²) < 4.78 is 10.3. The van der Waals surface area contributed by atoms with Gasteiger partial charge in [-0.3, -0.25) is 0 Å². The van der Waals surface area contributed by atoms with E-state index in [9.17, 15) is 0 Å². The molecule has 0 saturated carbocycles. The van der Waals surface area contributed by atoms with E-state index in [0.717, 1.165) is 33.8 Å². The molecule has 0 aliphatic rings. The summed E-state index contributed by atoms with van der Waals surface area (Å²) in [6.45, 7) is 0. The van der Waals surface area contributed by atoms with Gasteiger partial charge in [0.1, 0.15) is 11.5 Å². The number of hydrogen-bond donors (Lipinski definition) is 0. The maximum atomic E-state index is 5.14. The molecule has 2 heteroatoms. The molecule has 0 saturated heterocycles. The molecular formula is C24H18O2. The van der Waals surface area contributed by atoms with Crippen LogP contribution < -0.4 is 9.47 Å². The minimum absolute atomic E-state index is 0.829. The first-order valence-corrected chi connectivity index (χ1v) is 8.19. The minimum Gasteiger partial charge on any atom is -0.497 e. The van der Waals surface area contributed by atoms with Gasteiger partial charge in [-0.2, -0.15) is 0 Å². The van der Waals surface area contributed by atoms with Crippen molar-refractivity contribution in [3.63, 3.8) is 0 Å². The number of ether oxygens (including phenoxy) is 2. The summed E-state index contributed by atoms with van der Waals surface area (Å²) >= 11 is 0. The van der Waals surface area contributed by atoms with Gasteiger partial charge in [-0.25, -0.2) is 0 Å². The third-order valence-electron chi connectivity index (χ3n) is 3.77. The van der Waals surface area contributed by atoms with Crippen molar-refractivity contribution in [1.82, 2.24) is 0 Å². The lowest BCUT2D eigenvalue weighted by molar-refractivity contribution is 0.414. The maximum absolute atomic E-state index is 5.14. The second kappa shape index (κ2) is 8.47. The van der Waals surface area contributed by atoms with Crippen LogP contribution in [0.5, 0.6) is 11.5 Å². The van der Waals surface area contributed by atoms with E-state index in [2.05, 4.69) is 23.7 Å². The molecule has 26 heavy (non-hydrogen) atoms. The Morgan fingerprint density at radius 1 is 0.423 bits per heavy atom. The van der Waals surface area contributed by atoms with Crippen LogP contribution in [0, 0.1) is 23.7 Å². The fraction of sp³-hybridized carbons (Fsp3) is 0.0833. The van der Waals surface area contributed by atoms with Crippen LogP contribution in [0.3, 0.4) is 0 Å². The molecule has 0 aliphatic carbocycles. The minimum atomic E-state index is 0.829. The second-order valence-corrected chi connectivity index (χ2v) is 5.53. The van der Waals surface area contributed by atoms with Crippen molar-refractivity contribution in [3.05, 3.63) is 95.1 Å². The average Bonchev–Trinajstić information content (AvgIpc) is 2.72. The van der Waals surface area contributed by atoms with E-state index < -0.39 is 0 Å². The van der Waals surface area contributed by atoms with Crippen LogP contribution >= 0.6 is 0 Å². The van der Waals surface area contributed by atoms with Gasteiger partial charge in [0, 0.05) is 22.3 Å². The molecule has 0 atom stereocenters.